The van der Waals surface area contributed by atoms with Crippen LogP contribution in [0.3, 0.4) is 0 Å². The highest BCUT2D eigenvalue weighted by Crippen LogP contribution is 2.31. The summed E-state index contributed by atoms with van der Waals surface area (Å²) in [6.07, 6.45) is 0. The Labute approximate surface area is 129 Å². The Bertz CT molecular complexity index is 622. The third-order valence-electron chi connectivity index (χ3n) is 2.45. The van der Waals surface area contributed by atoms with Crippen LogP contribution in [-0.2, 0) is 0 Å². The lowest BCUT2D eigenvalue weighted by Crippen LogP contribution is -2.11. The number of Topliss-reactive ketones (excluding diaryl/α,β-unsaturated/α-hetero) is 1. The predicted molar refractivity (Wildman–Crippen MR) is 80.4 cm³/mol. The molecule has 0 atom stereocenters. The average molecular weight is 336 g/mol. The van der Waals surface area contributed by atoms with Crippen molar-refractivity contribution in [3.05, 3.63) is 49.1 Å². The molecule has 0 unspecified atom stereocenters. The van der Waals surface area contributed by atoms with Gasteiger partial charge in [0.05, 0.1) is 9.90 Å². The van der Waals surface area contributed by atoms with Gasteiger partial charge in [0, 0.05) is 5.02 Å². The molecule has 0 bridgehead atoms. The lowest BCUT2D eigenvalue weighted by Gasteiger charge is -2.08. The van der Waals surface area contributed by atoms with Crippen molar-refractivity contribution >= 4 is 51.9 Å². The summed E-state index contributed by atoms with van der Waals surface area (Å²) in [5.41, 5.74) is 1.26. The molecule has 0 aliphatic carbocycles. The van der Waals surface area contributed by atoms with Gasteiger partial charge in [-0.25, -0.2) is 0 Å². The highest BCUT2D eigenvalue weighted by molar-refractivity contribution is 7.20. The number of benzene rings is 1. The Morgan fingerprint density at radius 2 is 2.00 bits per heavy atom. The van der Waals surface area contributed by atoms with Gasteiger partial charge in [-0.05, 0) is 36.8 Å². The highest BCUT2D eigenvalue weighted by Gasteiger charge is 2.15. The summed E-state index contributed by atoms with van der Waals surface area (Å²) in [6.45, 7) is 1.77. The number of ether oxygens (including phenoxy) is 1. The minimum absolute atomic E-state index is 0.0880. The first-order valence-corrected chi connectivity index (χ1v) is 7.29. The number of carbonyl (C=O) groups excluding carboxylic acids is 1. The number of halogens is 3. The zero-order chi connectivity index (χ0) is 14.0. The molecule has 2 rings (SSSR count). The Morgan fingerprint density at radius 3 is 2.58 bits per heavy atom. The monoisotopic (exact) mass is 334 g/mol. The molecule has 0 radical (unpaired) electrons. The van der Waals surface area contributed by atoms with Crippen LogP contribution < -0.4 is 4.74 Å². The maximum atomic E-state index is 11.9. The number of hydrogen-bond acceptors (Lipinski definition) is 3. The molecule has 0 amide bonds. The second-order valence-corrected chi connectivity index (χ2v) is 6.58. The second-order valence-electron chi connectivity index (χ2n) is 3.86. The van der Waals surface area contributed by atoms with Crippen LogP contribution in [0.15, 0.2) is 24.3 Å². The molecule has 0 fully saturated rings. The molecular weight excluding hydrogens is 327 g/mol. The quantitative estimate of drug-likeness (QED) is 0.711. The molecule has 100 valence electrons. The molecule has 0 saturated carbocycles. The fourth-order valence-corrected chi connectivity index (χ4v) is 3.25. The van der Waals surface area contributed by atoms with Crippen molar-refractivity contribution in [3.63, 3.8) is 0 Å². The Morgan fingerprint density at radius 1 is 1.26 bits per heavy atom. The molecule has 1 heterocycles. The van der Waals surface area contributed by atoms with Gasteiger partial charge in [0.25, 0.3) is 0 Å². The zero-order valence-electron chi connectivity index (χ0n) is 9.88. The summed E-state index contributed by atoms with van der Waals surface area (Å²) in [5, 5.41) is 0.629. The van der Waals surface area contributed by atoms with E-state index in [-0.39, 0.29) is 12.4 Å². The van der Waals surface area contributed by atoms with Crippen molar-refractivity contribution in [2.75, 3.05) is 6.61 Å². The predicted octanol–water partition coefficient (Wildman–Crippen LogP) is 5.28. The van der Waals surface area contributed by atoms with Crippen molar-refractivity contribution in [2.24, 2.45) is 0 Å². The van der Waals surface area contributed by atoms with Gasteiger partial charge in [0.15, 0.2) is 6.61 Å². The van der Waals surface area contributed by atoms with E-state index in [2.05, 4.69) is 0 Å². The molecule has 19 heavy (non-hydrogen) atoms. The number of thiophene rings is 1. The normalized spacial score (nSPS) is 10.5. The molecule has 2 aromatic rings. The molecule has 0 saturated heterocycles. The van der Waals surface area contributed by atoms with Gasteiger partial charge < -0.3 is 4.74 Å². The molecule has 0 aliphatic rings. The summed E-state index contributed by atoms with van der Waals surface area (Å²) in [7, 11) is 0. The van der Waals surface area contributed by atoms with Crippen LogP contribution in [0.4, 0.5) is 0 Å². The van der Waals surface area contributed by atoms with Crippen LogP contribution in [0.25, 0.3) is 0 Å². The first kappa shape index (κ1) is 14.7. The van der Waals surface area contributed by atoms with Gasteiger partial charge in [-0.2, -0.15) is 0 Å². The van der Waals surface area contributed by atoms with Crippen LogP contribution in [0.5, 0.6) is 5.75 Å². The maximum Gasteiger partial charge on any atom is 0.202 e. The van der Waals surface area contributed by atoms with Crippen molar-refractivity contribution < 1.29 is 9.53 Å². The standard InChI is InChI=1S/C13H9Cl3O2S/c1-7-4-8(14)2-3-11(7)18-6-10(17)9-5-12(15)19-13(9)16/h2-5H,6H2,1H3. The van der Waals surface area contributed by atoms with Gasteiger partial charge in [0.2, 0.25) is 5.78 Å². The lowest BCUT2D eigenvalue weighted by atomic mass is 10.2. The summed E-state index contributed by atoms with van der Waals surface area (Å²) >= 11 is 18.7. The maximum absolute atomic E-state index is 11.9. The van der Waals surface area contributed by atoms with E-state index in [1.165, 1.54) is 0 Å². The molecule has 1 aromatic heterocycles. The molecule has 2 nitrogen and oxygen atoms in total. The largest absolute Gasteiger partial charge is 0.485 e. The SMILES string of the molecule is Cc1cc(Cl)ccc1OCC(=O)c1cc(Cl)sc1Cl. The molecule has 1 aromatic carbocycles. The second kappa shape index (κ2) is 6.14. The summed E-state index contributed by atoms with van der Waals surface area (Å²) < 4.78 is 6.33. The van der Waals surface area contributed by atoms with Gasteiger partial charge in [-0.15, -0.1) is 11.3 Å². The van der Waals surface area contributed by atoms with E-state index in [1.807, 2.05) is 6.92 Å². The number of hydrogen-bond donors (Lipinski definition) is 0. The number of rotatable bonds is 4. The topological polar surface area (TPSA) is 26.3 Å². The molecule has 0 N–H and O–H groups in total. The van der Waals surface area contributed by atoms with Gasteiger partial charge in [-0.1, -0.05) is 34.8 Å². The fourth-order valence-electron chi connectivity index (χ4n) is 1.53. The first-order valence-electron chi connectivity index (χ1n) is 5.34. The molecular formula is C13H9Cl3O2S. The lowest BCUT2D eigenvalue weighted by molar-refractivity contribution is 0.0921. The summed E-state index contributed by atoms with van der Waals surface area (Å²) in [5.74, 6) is 0.415. The number of aryl methyl sites for hydroxylation is 1. The third kappa shape index (κ3) is 3.63. The Kier molecular flexibility index (Phi) is 4.74. The van der Waals surface area contributed by atoms with Gasteiger partial charge >= 0.3 is 0 Å². The smallest absolute Gasteiger partial charge is 0.202 e. The molecule has 0 aliphatic heterocycles. The van der Waals surface area contributed by atoms with E-state index in [9.17, 15) is 4.79 Å². The Hall–Kier alpha value is -0.740. The van der Waals surface area contributed by atoms with Crippen LogP contribution in [-0.4, -0.2) is 12.4 Å². The van der Waals surface area contributed by atoms with Gasteiger partial charge in [-0.3, -0.25) is 4.79 Å². The average Bonchev–Trinajstić information content (AvgIpc) is 2.67. The van der Waals surface area contributed by atoms with Crippen molar-refractivity contribution in [1.29, 1.82) is 0 Å². The third-order valence-corrected chi connectivity index (χ3v) is 4.18. The zero-order valence-corrected chi connectivity index (χ0v) is 13.0. The number of ketones is 1. The van der Waals surface area contributed by atoms with E-state index in [0.29, 0.717) is 25.0 Å². The first-order chi connectivity index (χ1) is 8.97. The Balaban J connectivity index is 2.06. The van der Waals surface area contributed by atoms with Crippen LogP contribution in [0.1, 0.15) is 15.9 Å². The fraction of sp³-hybridized carbons (Fsp3) is 0.154. The van der Waals surface area contributed by atoms with E-state index in [4.69, 9.17) is 39.5 Å². The van der Waals surface area contributed by atoms with Crippen LogP contribution in [0, 0.1) is 6.92 Å². The summed E-state index contributed by atoms with van der Waals surface area (Å²) in [6, 6.07) is 6.76. The summed E-state index contributed by atoms with van der Waals surface area (Å²) in [4.78, 5) is 11.9. The van der Waals surface area contributed by atoms with Gasteiger partial charge in [0.1, 0.15) is 10.1 Å². The van der Waals surface area contributed by atoms with E-state index >= 15 is 0 Å². The van der Waals surface area contributed by atoms with Crippen LogP contribution in [0.2, 0.25) is 13.7 Å². The van der Waals surface area contributed by atoms with E-state index in [1.54, 1.807) is 24.3 Å². The van der Waals surface area contributed by atoms with E-state index < -0.39 is 0 Å². The van der Waals surface area contributed by atoms with Crippen molar-refractivity contribution in [2.45, 2.75) is 6.92 Å². The van der Waals surface area contributed by atoms with Crippen LogP contribution >= 0.6 is 46.1 Å². The van der Waals surface area contributed by atoms with E-state index in [0.717, 1.165) is 16.9 Å². The number of carbonyl (C=O) groups is 1. The minimum atomic E-state index is -0.206. The van der Waals surface area contributed by atoms with Crippen molar-refractivity contribution in [1.82, 2.24) is 0 Å². The molecule has 0 spiro atoms. The highest BCUT2D eigenvalue weighted by atomic mass is 35.5. The molecule has 6 heteroatoms. The van der Waals surface area contributed by atoms with Crippen molar-refractivity contribution in [3.8, 4) is 5.75 Å². The minimum Gasteiger partial charge on any atom is -0.485 e.